The van der Waals surface area contributed by atoms with E-state index in [0.717, 1.165) is 5.92 Å². The molecule has 0 nitrogen and oxygen atoms in total. The van der Waals surface area contributed by atoms with Crippen molar-refractivity contribution in [1.82, 2.24) is 0 Å². The maximum Gasteiger partial charge on any atom is -0.0471 e. The molecule has 0 atom stereocenters. The molecule has 0 radical (unpaired) electrons. The Morgan fingerprint density at radius 3 is 1.29 bits per heavy atom. The van der Waals surface area contributed by atoms with Crippen molar-refractivity contribution in [2.24, 2.45) is 5.92 Å². The molecule has 0 heteroatoms. The number of hydrogen-bond donors (Lipinski definition) is 0. The average molecular weight is 242 g/mol. The summed E-state index contributed by atoms with van der Waals surface area (Å²) in [6, 6.07) is 0. The smallest absolute Gasteiger partial charge is 0.0471 e. The number of rotatable bonds is 12. The summed E-state index contributed by atoms with van der Waals surface area (Å²) in [5.74, 6) is 0.901. The lowest BCUT2D eigenvalue weighted by atomic mass is 10.0. The van der Waals surface area contributed by atoms with E-state index in [9.17, 15) is 0 Å². The quantitative estimate of drug-likeness (QED) is 0.324. The molecule has 0 bridgehead atoms. The molecule has 0 aromatic heterocycles. The Balaban J connectivity index is 0. The number of unbranched alkanes of at least 4 members (excludes halogenated alkanes) is 10. The molecule has 0 aliphatic heterocycles. The predicted molar refractivity (Wildman–Crippen MR) is 82.6 cm³/mol. The SMILES string of the molecule is C.CCCCCCCCCCCCCC(C)C. The van der Waals surface area contributed by atoms with Crippen LogP contribution >= 0.6 is 0 Å². The van der Waals surface area contributed by atoms with Crippen LogP contribution in [0.5, 0.6) is 0 Å². The highest BCUT2D eigenvalue weighted by atomic mass is 14.0. The molecule has 0 aliphatic rings. The summed E-state index contributed by atoms with van der Waals surface area (Å²) in [5.41, 5.74) is 0. The second-order valence-corrected chi connectivity index (χ2v) is 5.72. The fraction of sp³-hybridized carbons (Fsp3) is 1.00. The summed E-state index contributed by atoms with van der Waals surface area (Å²) < 4.78 is 0. The molecule has 17 heavy (non-hydrogen) atoms. The molecule has 0 aliphatic carbocycles. The lowest BCUT2D eigenvalue weighted by Gasteiger charge is -2.04. The van der Waals surface area contributed by atoms with Crippen molar-refractivity contribution in [3.8, 4) is 0 Å². The molecule has 0 aromatic rings. The van der Waals surface area contributed by atoms with Crippen molar-refractivity contribution in [3.63, 3.8) is 0 Å². The van der Waals surface area contributed by atoms with Crippen LogP contribution in [0.4, 0.5) is 0 Å². The van der Waals surface area contributed by atoms with Gasteiger partial charge in [-0.25, -0.2) is 0 Å². The maximum absolute atomic E-state index is 2.33. The van der Waals surface area contributed by atoms with Gasteiger partial charge in [-0.2, -0.15) is 0 Å². The van der Waals surface area contributed by atoms with Crippen molar-refractivity contribution in [2.75, 3.05) is 0 Å². The molecule has 0 fully saturated rings. The Hall–Kier alpha value is 0. The van der Waals surface area contributed by atoms with Gasteiger partial charge in [0.25, 0.3) is 0 Å². The molecule has 0 rings (SSSR count). The third kappa shape index (κ3) is 18.6. The molecule has 106 valence electrons. The van der Waals surface area contributed by atoms with E-state index in [1.165, 1.54) is 77.0 Å². The largest absolute Gasteiger partial charge is 0.0776 e. The van der Waals surface area contributed by atoms with E-state index in [0.29, 0.717) is 0 Å². The summed E-state index contributed by atoms with van der Waals surface area (Å²) in [4.78, 5) is 0. The fourth-order valence-electron chi connectivity index (χ4n) is 2.22. The summed E-state index contributed by atoms with van der Waals surface area (Å²) in [6.07, 6.45) is 17.5. The Morgan fingerprint density at radius 1 is 0.588 bits per heavy atom. The first-order valence-corrected chi connectivity index (χ1v) is 7.77. The average Bonchev–Trinajstić information content (AvgIpc) is 2.25. The second-order valence-electron chi connectivity index (χ2n) is 5.72. The topological polar surface area (TPSA) is 0 Å². The van der Waals surface area contributed by atoms with E-state index in [-0.39, 0.29) is 7.43 Å². The van der Waals surface area contributed by atoms with E-state index < -0.39 is 0 Å². The Labute approximate surface area is 112 Å². The molecule has 0 unspecified atom stereocenters. The standard InChI is InChI=1S/C16H34.CH4/c1-4-5-6-7-8-9-10-11-12-13-14-15-16(2)3;/h16H,4-15H2,1-3H3;1H4. The minimum absolute atomic E-state index is 0. The minimum atomic E-state index is 0. The highest BCUT2D eigenvalue weighted by molar-refractivity contribution is 4.50. The van der Waals surface area contributed by atoms with Gasteiger partial charge in [-0.1, -0.05) is 105 Å². The van der Waals surface area contributed by atoms with Gasteiger partial charge in [0, 0.05) is 0 Å². The van der Waals surface area contributed by atoms with Crippen molar-refractivity contribution in [1.29, 1.82) is 0 Å². The van der Waals surface area contributed by atoms with E-state index in [4.69, 9.17) is 0 Å². The van der Waals surface area contributed by atoms with Crippen molar-refractivity contribution < 1.29 is 0 Å². The second kappa shape index (κ2) is 16.0. The Kier molecular flexibility index (Phi) is 18.2. The molecule has 0 aromatic carbocycles. The van der Waals surface area contributed by atoms with E-state index in [2.05, 4.69) is 20.8 Å². The molecular formula is C17H38. The van der Waals surface area contributed by atoms with Crippen LogP contribution in [0.2, 0.25) is 0 Å². The normalized spacial score (nSPS) is 10.6. The van der Waals surface area contributed by atoms with Gasteiger partial charge >= 0.3 is 0 Å². The van der Waals surface area contributed by atoms with Crippen LogP contribution < -0.4 is 0 Å². The molecule has 0 saturated carbocycles. The van der Waals surface area contributed by atoms with Crippen LogP contribution in [-0.2, 0) is 0 Å². The van der Waals surface area contributed by atoms with E-state index in [1.54, 1.807) is 0 Å². The van der Waals surface area contributed by atoms with E-state index >= 15 is 0 Å². The van der Waals surface area contributed by atoms with Crippen LogP contribution in [0.1, 0.15) is 105 Å². The zero-order valence-corrected chi connectivity index (χ0v) is 12.1. The Morgan fingerprint density at radius 2 is 0.941 bits per heavy atom. The summed E-state index contributed by atoms with van der Waals surface area (Å²) in [7, 11) is 0. The minimum Gasteiger partial charge on any atom is -0.0776 e. The zero-order chi connectivity index (χ0) is 12.1. The van der Waals surface area contributed by atoms with Crippen molar-refractivity contribution >= 4 is 0 Å². The highest BCUT2D eigenvalue weighted by Gasteiger charge is 1.95. The van der Waals surface area contributed by atoms with Crippen LogP contribution in [0.15, 0.2) is 0 Å². The summed E-state index contributed by atoms with van der Waals surface area (Å²) in [6.45, 7) is 6.95. The predicted octanol–water partition coefficient (Wildman–Crippen LogP) is 6.98. The summed E-state index contributed by atoms with van der Waals surface area (Å²) in [5, 5.41) is 0. The third-order valence-corrected chi connectivity index (χ3v) is 3.39. The summed E-state index contributed by atoms with van der Waals surface area (Å²) >= 11 is 0. The van der Waals surface area contributed by atoms with Gasteiger partial charge in [-0.15, -0.1) is 0 Å². The van der Waals surface area contributed by atoms with Gasteiger partial charge in [-0.3, -0.25) is 0 Å². The molecule has 0 heterocycles. The maximum atomic E-state index is 2.33. The molecular weight excluding hydrogens is 204 g/mol. The monoisotopic (exact) mass is 242 g/mol. The van der Waals surface area contributed by atoms with Crippen LogP contribution in [0.3, 0.4) is 0 Å². The molecule has 0 amide bonds. The van der Waals surface area contributed by atoms with Crippen LogP contribution in [0.25, 0.3) is 0 Å². The first-order chi connectivity index (χ1) is 7.77. The molecule has 0 spiro atoms. The van der Waals surface area contributed by atoms with Gasteiger partial charge < -0.3 is 0 Å². The molecule has 0 saturated heterocycles. The van der Waals surface area contributed by atoms with Crippen molar-refractivity contribution in [2.45, 2.75) is 105 Å². The number of hydrogen-bond acceptors (Lipinski definition) is 0. The third-order valence-electron chi connectivity index (χ3n) is 3.39. The van der Waals surface area contributed by atoms with Gasteiger partial charge in [0.15, 0.2) is 0 Å². The van der Waals surface area contributed by atoms with Gasteiger partial charge in [-0.05, 0) is 5.92 Å². The van der Waals surface area contributed by atoms with Gasteiger partial charge in [0.1, 0.15) is 0 Å². The lowest BCUT2D eigenvalue weighted by Crippen LogP contribution is -1.87. The van der Waals surface area contributed by atoms with Crippen LogP contribution in [-0.4, -0.2) is 0 Å². The zero-order valence-electron chi connectivity index (χ0n) is 12.1. The fourth-order valence-corrected chi connectivity index (χ4v) is 2.22. The Bertz CT molecular complexity index is 115. The highest BCUT2D eigenvalue weighted by Crippen LogP contribution is 2.13. The first-order valence-electron chi connectivity index (χ1n) is 7.77. The first kappa shape index (κ1) is 19.3. The van der Waals surface area contributed by atoms with Crippen LogP contribution in [0, 0.1) is 5.92 Å². The van der Waals surface area contributed by atoms with Gasteiger partial charge in [0.05, 0.1) is 0 Å². The van der Waals surface area contributed by atoms with E-state index in [1.807, 2.05) is 0 Å². The van der Waals surface area contributed by atoms with Crippen molar-refractivity contribution in [3.05, 3.63) is 0 Å². The van der Waals surface area contributed by atoms with Gasteiger partial charge in [0.2, 0.25) is 0 Å². The molecule has 0 N–H and O–H groups in total. The lowest BCUT2D eigenvalue weighted by molar-refractivity contribution is 0.504.